The molecule has 2 heterocycles. The minimum Gasteiger partial charge on any atom is -0.478 e. The molecule has 114 valence electrons. The monoisotopic (exact) mass is 293 g/mol. The van der Waals surface area contributed by atoms with E-state index < -0.39 is 18.0 Å². The summed E-state index contributed by atoms with van der Waals surface area (Å²) in [6.45, 7) is 4.56. The van der Waals surface area contributed by atoms with E-state index in [0.29, 0.717) is 30.6 Å². The number of carbonyl (C=O) groups is 3. The second kappa shape index (κ2) is 5.69. The molecular formula is C14H19N3O4. The van der Waals surface area contributed by atoms with Gasteiger partial charge in [0.05, 0.1) is 11.3 Å². The van der Waals surface area contributed by atoms with Crippen LogP contribution in [0.1, 0.15) is 51.1 Å². The lowest BCUT2D eigenvalue weighted by atomic mass is 10.1. The van der Waals surface area contributed by atoms with Gasteiger partial charge in [-0.05, 0) is 32.3 Å². The Kier molecular flexibility index (Phi) is 4.13. The molecule has 1 aromatic rings. The van der Waals surface area contributed by atoms with Crippen molar-refractivity contribution in [2.75, 3.05) is 13.1 Å². The number of carboxylic acid groups (broad SMARTS) is 1. The molecule has 7 nitrogen and oxygen atoms in total. The van der Waals surface area contributed by atoms with E-state index in [2.05, 4.69) is 0 Å². The second-order valence-electron chi connectivity index (χ2n) is 5.28. The van der Waals surface area contributed by atoms with Gasteiger partial charge in [-0.15, -0.1) is 0 Å². The lowest BCUT2D eigenvalue weighted by Gasteiger charge is -2.28. The first kappa shape index (κ1) is 15.2. The fourth-order valence-corrected chi connectivity index (χ4v) is 3.11. The molecule has 0 bridgehead atoms. The maximum absolute atomic E-state index is 11.9. The number of likely N-dealkylation sites (tertiary alicyclic amines) is 1. The van der Waals surface area contributed by atoms with Crippen molar-refractivity contribution in [3.05, 3.63) is 22.5 Å². The second-order valence-corrected chi connectivity index (χ2v) is 5.28. The van der Waals surface area contributed by atoms with Crippen LogP contribution in [-0.4, -0.2) is 45.8 Å². The fourth-order valence-electron chi connectivity index (χ4n) is 3.11. The number of aromatic nitrogens is 1. The van der Waals surface area contributed by atoms with Crippen LogP contribution in [0.15, 0.2) is 0 Å². The number of nitrogens with zero attached hydrogens (tertiary/aromatic N) is 2. The van der Waals surface area contributed by atoms with Crippen LogP contribution < -0.4 is 5.73 Å². The number of rotatable bonds is 5. The van der Waals surface area contributed by atoms with Crippen molar-refractivity contribution >= 4 is 18.2 Å². The third-order valence-corrected chi connectivity index (χ3v) is 4.05. The molecule has 1 atom stereocenters. The largest absolute Gasteiger partial charge is 0.478 e. The number of aromatic carboxylic acids is 1. The van der Waals surface area contributed by atoms with Crippen LogP contribution in [0.3, 0.4) is 0 Å². The molecule has 1 unspecified atom stereocenters. The van der Waals surface area contributed by atoms with Crippen molar-refractivity contribution in [3.8, 4) is 0 Å². The van der Waals surface area contributed by atoms with Crippen LogP contribution >= 0.6 is 0 Å². The van der Waals surface area contributed by atoms with Crippen LogP contribution in [0.5, 0.6) is 0 Å². The van der Waals surface area contributed by atoms with Crippen LogP contribution in [0.4, 0.5) is 0 Å². The molecule has 1 amide bonds. The van der Waals surface area contributed by atoms with Gasteiger partial charge in [0.15, 0.2) is 12.5 Å². The number of amides is 1. The quantitative estimate of drug-likeness (QED) is 0.777. The number of nitrogens with two attached hydrogens (primary N) is 1. The molecule has 0 radical (unpaired) electrons. The van der Waals surface area contributed by atoms with Gasteiger partial charge in [-0.2, -0.15) is 0 Å². The Morgan fingerprint density at radius 2 is 1.86 bits per heavy atom. The number of primary amides is 1. The molecule has 1 aromatic heterocycles. The summed E-state index contributed by atoms with van der Waals surface area (Å²) in [6.07, 6.45) is 1.66. The normalized spacial score (nSPS) is 16.9. The smallest absolute Gasteiger partial charge is 0.337 e. The lowest BCUT2D eigenvalue weighted by molar-refractivity contribution is -0.126. The van der Waals surface area contributed by atoms with E-state index in [4.69, 9.17) is 5.73 Å². The highest BCUT2D eigenvalue weighted by Gasteiger charge is 2.33. The fraction of sp³-hybridized carbons (Fsp3) is 0.500. The van der Waals surface area contributed by atoms with E-state index >= 15 is 0 Å². The highest BCUT2D eigenvalue weighted by Crippen LogP contribution is 2.28. The Morgan fingerprint density at radius 3 is 2.29 bits per heavy atom. The number of hydrogen-bond acceptors (Lipinski definition) is 4. The van der Waals surface area contributed by atoms with E-state index in [9.17, 15) is 19.5 Å². The van der Waals surface area contributed by atoms with Crippen LogP contribution in [0, 0.1) is 13.8 Å². The molecular weight excluding hydrogens is 274 g/mol. The molecule has 3 N–H and O–H groups in total. The van der Waals surface area contributed by atoms with Gasteiger partial charge >= 0.3 is 5.97 Å². The number of carboxylic acids is 1. The summed E-state index contributed by atoms with van der Waals surface area (Å²) in [5, 5.41) is 9.31. The van der Waals surface area contributed by atoms with E-state index in [1.165, 1.54) is 4.57 Å². The highest BCUT2D eigenvalue weighted by molar-refractivity contribution is 5.95. The third-order valence-electron chi connectivity index (χ3n) is 4.05. The van der Waals surface area contributed by atoms with Crippen molar-refractivity contribution in [2.24, 2.45) is 5.73 Å². The zero-order valence-electron chi connectivity index (χ0n) is 12.1. The average molecular weight is 293 g/mol. The molecule has 21 heavy (non-hydrogen) atoms. The molecule has 0 aliphatic carbocycles. The van der Waals surface area contributed by atoms with Gasteiger partial charge in [-0.3, -0.25) is 14.5 Å². The minimum absolute atomic E-state index is 0.0579. The summed E-state index contributed by atoms with van der Waals surface area (Å²) < 4.78 is 1.46. The Hall–Kier alpha value is -2.15. The topological polar surface area (TPSA) is 106 Å². The lowest BCUT2D eigenvalue weighted by Crippen LogP contribution is -2.41. The van der Waals surface area contributed by atoms with Crippen molar-refractivity contribution in [2.45, 2.75) is 32.9 Å². The van der Waals surface area contributed by atoms with E-state index in [1.807, 2.05) is 4.90 Å². The van der Waals surface area contributed by atoms with E-state index in [1.54, 1.807) is 13.8 Å². The van der Waals surface area contributed by atoms with Gasteiger partial charge in [-0.25, -0.2) is 4.79 Å². The first-order valence-corrected chi connectivity index (χ1v) is 6.83. The van der Waals surface area contributed by atoms with Gasteiger partial charge in [0, 0.05) is 18.8 Å². The Balaban J connectivity index is 2.64. The summed E-state index contributed by atoms with van der Waals surface area (Å²) in [5.74, 6) is -1.70. The zero-order chi connectivity index (χ0) is 15.7. The standard InChI is InChI=1S/C14H19N3O4/c1-8-10(7-18)17(9(2)11(8)14(20)21)13(12(15)19)16-5-3-4-6-16/h7,13H,3-6H2,1-2H3,(H2,15,19)(H,20,21). The predicted octanol–water partition coefficient (Wildman–Crippen LogP) is 0.695. The summed E-state index contributed by atoms with van der Waals surface area (Å²) in [5.41, 5.74) is 6.50. The molecule has 0 spiro atoms. The van der Waals surface area contributed by atoms with Crippen molar-refractivity contribution < 1.29 is 19.5 Å². The Bertz CT molecular complexity index is 600. The Morgan fingerprint density at radius 1 is 1.29 bits per heavy atom. The van der Waals surface area contributed by atoms with Gasteiger partial charge in [0.25, 0.3) is 5.91 Å². The van der Waals surface area contributed by atoms with Crippen LogP contribution in [0.2, 0.25) is 0 Å². The molecule has 7 heteroatoms. The first-order valence-electron chi connectivity index (χ1n) is 6.83. The van der Waals surface area contributed by atoms with Gasteiger partial charge < -0.3 is 15.4 Å². The summed E-state index contributed by atoms with van der Waals surface area (Å²) in [4.78, 5) is 36.5. The van der Waals surface area contributed by atoms with Gasteiger partial charge in [0.2, 0.25) is 0 Å². The van der Waals surface area contributed by atoms with E-state index in [-0.39, 0.29) is 11.3 Å². The maximum atomic E-state index is 11.9. The number of carbonyl (C=O) groups excluding carboxylic acids is 2. The van der Waals surface area contributed by atoms with Crippen molar-refractivity contribution in [1.29, 1.82) is 0 Å². The maximum Gasteiger partial charge on any atom is 0.337 e. The summed E-state index contributed by atoms with van der Waals surface area (Å²) >= 11 is 0. The summed E-state index contributed by atoms with van der Waals surface area (Å²) in [7, 11) is 0. The highest BCUT2D eigenvalue weighted by atomic mass is 16.4. The summed E-state index contributed by atoms with van der Waals surface area (Å²) in [6, 6.07) is 0. The molecule has 1 fully saturated rings. The SMILES string of the molecule is Cc1c(C(=O)O)c(C)n(C(C(N)=O)N2CCCC2)c1C=O. The Labute approximate surface area is 122 Å². The van der Waals surface area contributed by atoms with Crippen LogP contribution in [-0.2, 0) is 4.79 Å². The molecule has 1 saturated heterocycles. The number of aldehydes is 1. The molecule has 2 rings (SSSR count). The molecule has 0 saturated carbocycles. The van der Waals surface area contributed by atoms with Crippen LogP contribution in [0.25, 0.3) is 0 Å². The molecule has 0 aromatic carbocycles. The van der Waals surface area contributed by atoms with Gasteiger partial charge in [0.1, 0.15) is 0 Å². The third kappa shape index (κ3) is 2.44. The average Bonchev–Trinajstić information content (AvgIpc) is 2.98. The van der Waals surface area contributed by atoms with E-state index in [0.717, 1.165) is 12.8 Å². The van der Waals surface area contributed by atoms with Gasteiger partial charge in [-0.1, -0.05) is 0 Å². The zero-order valence-corrected chi connectivity index (χ0v) is 12.1. The predicted molar refractivity (Wildman–Crippen MR) is 75.3 cm³/mol. The molecule has 1 aliphatic rings. The van der Waals surface area contributed by atoms with Crippen molar-refractivity contribution in [3.63, 3.8) is 0 Å². The minimum atomic E-state index is -1.11. The number of hydrogen-bond donors (Lipinski definition) is 2. The first-order chi connectivity index (χ1) is 9.90. The molecule has 1 aliphatic heterocycles. The van der Waals surface area contributed by atoms with Crippen molar-refractivity contribution in [1.82, 2.24) is 9.47 Å².